The summed E-state index contributed by atoms with van der Waals surface area (Å²) in [5, 5.41) is 2.87. The molecule has 1 heterocycles. The van der Waals surface area contributed by atoms with E-state index in [1.807, 2.05) is 24.3 Å². The van der Waals surface area contributed by atoms with Crippen molar-refractivity contribution in [2.24, 2.45) is 0 Å². The van der Waals surface area contributed by atoms with Crippen LogP contribution in [0.4, 0.5) is 5.69 Å². The van der Waals surface area contributed by atoms with Crippen molar-refractivity contribution in [3.63, 3.8) is 0 Å². The second kappa shape index (κ2) is 9.34. The van der Waals surface area contributed by atoms with Gasteiger partial charge in [0.2, 0.25) is 15.9 Å². The molecule has 1 aliphatic rings. The van der Waals surface area contributed by atoms with Gasteiger partial charge in [-0.1, -0.05) is 32.4 Å². The van der Waals surface area contributed by atoms with Crippen LogP contribution in [-0.2, 0) is 14.8 Å². The van der Waals surface area contributed by atoms with Crippen LogP contribution in [0.3, 0.4) is 0 Å². The molecule has 0 spiro atoms. The molecule has 0 aromatic heterocycles. The quantitative estimate of drug-likeness (QED) is 0.713. The first-order chi connectivity index (χ1) is 11.9. The first kappa shape index (κ1) is 19.9. The first-order valence-corrected chi connectivity index (χ1v) is 10.9. The van der Waals surface area contributed by atoms with Crippen LogP contribution in [0.2, 0.25) is 0 Å². The Kier molecular flexibility index (Phi) is 7.44. The maximum Gasteiger partial charge on any atom is 0.224 e. The summed E-state index contributed by atoms with van der Waals surface area (Å²) >= 11 is 0. The summed E-state index contributed by atoms with van der Waals surface area (Å²) in [6, 6.07) is 7.86. The molecule has 0 atom stereocenters. The van der Waals surface area contributed by atoms with E-state index in [9.17, 15) is 13.2 Å². The van der Waals surface area contributed by atoms with E-state index in [0.29, 0.717) is 38.3 Å². The summed E-state index contributed by atoms with van der Waals surface area (Å²) in [4.78, 5) is 12.0. The van der Waals surface area contributed by atoms with Gasteiger partial charge in [0.05, 0.1) is 5.75 Å². The fraction of sp³-hybridized carbons (Fsp3) is 0.632. The molecule has 1 aromatic carbocycles. The van der Waals surface area contributed by atoms with Crippen molar-refractivity contribution in [1.82, 2.24) is 4.31 Å². The third-order valence-electron chi connectivity index (χ3n) is 4.63. The number of carbonyl (C=O) groups excluding carboxylic acids is 1. The summed E-state index contributed by atoms with van der Waals surface area (Å²) in [6.45, 7) is 5.56. The molecule has 0 aliphatic carbocycles. The fourth-order valence-corrected chi connectivity index (χ4v) is 4.66. The number of hydrogen-bond donors (Lipinski definition) is 1. The zero-order valence-electron chi connectivity index (χ0n) is 15.3. The van der Waals surface area contributed by atoms with Crippen molar-refractivity contribution in [1.29, 1.82) is 0 Å². The van der Waals surface area contributed by atoms with E-state index in [-0.39, 0.29) is 11.7 Å². The van der Waals surface area contributed by atoms with Gasteiger partial charge < -0.3 is 5.32 Å². The Morgan fingerprint density at radius 2 is 1.72 bits per heavy atom. The predicted molar refractivity (Wildman–Crippen MR) is 102 cm³/mol. The van der Waals surface area contributed by atoms with Crippen molar-refractivity contribution in [3.8, 4) is 0 Å². The van der Waals surface area contributed by atoms with E-state index < -0.39 is 10.0 Å². The van der Waals surface area contributed by atoms with Gasteiger partial charge in [0, 0.05) is 25.2 Å². The molecule has 1 aliphatic heterocycles. The van der Waals surface area contributed by atoms with E-state index >= 15 is 0 Å². The van der Waals surface area contributed by atoms with Crippen molar-refractivity contribution in [2.45, 2.75) is 58.3 Å². The topological polar surface area (TPSA) is 66.5 Å². The summed E-state index contributed by atoms with van der Waals surface area (Å²) in [7, 11) is -3.15. The Hall–Kier alpha value is -1.40. The lowest BCUT2D eigenvalue weighted by molar-refractivity contribution is -0.116. The van der Waals surface area contributed by atoms with Crippen LogP contribution in [0.1, 0.15) is 63.9 Å². The minimum Gasteiger partial charge on any atom is -0.326 e. The summed E-state index contributed by atoms with van der Waals surface area (Å²) in [6.07, 6.45) is 4.49. The number of benzene rings is 1. The van der Waals surface area contributed by atoms with Gasteiger partial charge in [0.15, 0.2) is 0 Å². The maximum atomic E-state index is 12.2. The number of nitrogens with zero attached hydrogens (tertiary/aromatic N) is 1. The average Bonchev–Trinajstić information content (AvgIpc) is 2.60. The zero-order valence-corrected chi connectivity index (χ0v) is 16.1. The van der Waals surface area contributed by atoms with Crippen LogP contribution >= 0.6 is 0 Å². The van der Waals surface area contributed by atoms with Gasteiger partial charge in [0.25, 0.3) is 0 Å². The minimum atomic E-state index is -3.15. The molecule has 1 amide bonds. The van der Waals surface area contributed by atoms with Crippen LogP contribution < -0.4 is 5.32 Å². The van der Waals surface area contributed by atoms with Gasteiger partial charge in [-0.2, -0.15) is 0 Å². The molecule has 140 valence electrons. The third kappa shape index (κ3) is 6.44. The largest absolute Gasteiger partial charge is 0.326 e. The number of anilines is 1. The minimum absolute atomic E-state index is 0.0623. The molecule has 1 N–H and O–H groups in total. The van der Waals surface area contributed by atoms with E-state index in [4.69, 9.17) is 0 Å². The molecule has 1 saturated heterocycles. The highest BCUT2D eigenvalue weighted by atomic mass is 32.2. The van der Waals surface area contributed by atoms with Crippen LogP contribution in [0.15, 0.2) is 24.3 Å². The van der Waals surface area contributed by atoms with E-state index in [1.165, 1.54) is 5.56 Å². The number of piperidine rings is 1. The number of unbranched alkanes of at least 4 members (excludes halogenated alkanes) is 1. The second-order valence-electron chi connectivity index (χ2n) is 7.06. The van der Waals surface area contributed by atoms with Crippen molar-refractivity contribution in [2.75, 3.05) is 24.2 Å². The number of hydrogen-bond acceptors (Lipinski definition) is 3. The highest BCUT2D eigenvalue weighted by molar-refractivity contribution is 7.89. The van der Waals surface area contributed by atoms with E-state index in [2.05, 4.69) is 19.2 Å². The van der Waals surface area contributed by atoms with E-state index in [0.717, 1.165) is 24.9 Å². The smallest absolute Gasteiger partial charge is 0.224 e. The van der Waals surface area contributed by atoms with Crippen molar-refractivity contribution >= 4 is 21.6 Å². The van der Waals surface area contributed by atoms with E-state index in [1.54, 1.807) is 4.31 Å². The first-order valence-electron chi connectivity index (χ1n) is 9.26. The normalized spacial score (nSPS) is 16.1. The number of sulfonamides is 1. The molecule has 0 saturated carbocycles. The Balaban J connectivity index is 1.69. The van der Waals surface area contributed by atoms with Gasteiger partial charge in [-0.25, -0.2) is 12.7 Å². The molecule has 1 aromatic rings. The third-order valence-corrected chi connectivity index (χ3v) is 6.58. The lowest BCUT2D eigenvalue weighted by atomic mass is 10.0. The van der Waals surface area contributed by atoms with Gasteiger partial charge in [-0.3, -0.25) is 4.79 Å². The average molecular weight is 367 g/mol. The highest BCUT2D eigenvalue weighted by Gasteiger charge is 2.23. The number of carbonyl (C=O) groups is 1. The Bertz CT molecular complexity index is 648. The van der Waals surface area contributed by atoms with Gasteiger partial charge >= 0.3 is 0 Å². The molecular formula is C19H30N2O3S. The summed E-state index contributed by atoms with van der Waals surface area (Å²) in [5.41, 5.74) is 2.02. The lowest BCUT2D eigenvalue weighted by Gasteiger charge is -2.25. The van der Waals surface area contributed by atoms with Crippen molar-refractivity contribution < 1.29 is 13.2 Å². The molecule has 0 bridgehead atoms. The molecule has 0 unspecified atom stereocenters. The summed E-state index contributed by atoms with van der Waals surface area (Å²) < 4.78 is 26.1. The highest BCUT2D eigenvalue weighted by Crippen LogP contribution is 2.18. The standard InChI is InChI=1S/C19H30N2O3S/c1-16(2)17-9-11-18(12-10-17)20-19(22)8-4-7-15-25(23,24)21-13-5-3-6-14-21/h9-12,16H,3-8,13-15H2,1-2H3,(H,20,22). The number of amides is 1. The van der Waals surface area contributed by atoms with Crippen molar-refractivity contribution in [3.05, 3.63) is 29.8 Å². The Morgan fingerprint density at radius 3 is 2.32 bits per heavy atom. The molecular weight excluding hydrogens is 336 g/mol. The monoisotopic (exact) mass is 366 g/mol. The lowest BCUT2D eigenvalue weighted by Crippen LogP contribution is -2.37. The zero-order chi connectivity index (χ0) is 18.3. The van der Waals surface area contributed by atoms with Gasteiger partial charge in [-0.15, -0.1) is 0 Å². The second-order valence-corrected chi connectivity index (χ2v) is 9.15. The molecule has 6 heteroatoms. The fourth-order valence-electron chi connectivity index (χ4n) is 3.02. The number of rotatable bonds is 8. The van der Waals surface area contributed by atoms with Gasteiger partial charge in [0.1, 0.15) is 0 Å². The molecule has 25 heavy (non-hydrogen) atoms. The Morgan fingerprint density at radius 1 is 1.08 bits per heavy atom. The van der Waals surface area contributed by atoms with Crippen LogP contribution in [0.25, 0.3) is 0 Å². The van der Waals surface area contributed by atoms with Gasteiger partial charge in [-0.05, 0) is 49.3 Å². The molecule has 2 rings (SSSR count). The SMILES string of the molecule is CC(C)c1ccc(NC(=O)CCCCS(=O)(=O)N2CCCCC2)cc1. The van der Waals surface area contributed by atoms with Crippen LogP contribution in [-0.4, -0.2) is 37.5 Å². The molecule has 0 radical (unpaired) electrons. The van der Waals surface area contributed by atoms with Crippen LogP contribution in [0.5, 0.6) is 0 Å². The maximum absolute atomic E-state index is 12.2. The Labute approximate surface area is 151 Å². The molecule has 5 nitrogen and oxygen atoms in total. The van der Waals surface area contributed by atoms with Crippen LogP contribution in [0, 0.1) is 0 Å². The number of nitrogens with one attached hydrogen (secondary N) is 1. The summed E-state index contributed by atoms with van der Waals surface area (Å²) in [5.74, 6) is 0.544. The predicted octanol–water partition coefficient (Wildman–Crippen LogP) is 3.73. The molecule has 1 fully saturated rings.